The van der Waals surface area contributed by atoms with Crippen LogP contribution in [0.4, 0.5) is 0 Å². The average molecular weight is 575 g/mol. The Labute approximate surface area is 236 Å². The molecule has 0 amide bonds. The number of hydrogen-bond acceptors (Lipinski definition) is 12. The minimum atomic E-state index is -1.80. The quantitative estimate of drug-likeness (QED) is 0.397. The normalized spacial score (nSPS) is 37.0. The van der Waals surface area contributed by atoms with Crippen molar-refractivity contribution in [1.29, 1.82) is 0 Å². The number of esters is 4. The lowest BCUT2D eigenvalue weighted by molar-refractivity contribution is -0.335. The number of carbonyl (C=O) groups is 4. The molecule has 2 aromatic heterocycles. The van der Waals surface area contributed by atoms with Gasteiger partial charge in [-0.05, 0) is 52.7 Å². The highest BCUT2D eigenvalue weighted by atomic mass is 16.6. The molecule has 1 spiro atoms. The van der Waals surface area contributed by atoms with E-state index < -0.39 is 76.4 Å². The van der Waals surface area contributed by atoms with Gasteiger partial charge in [0.05, 0.1) is 46.2 Å². The van der Waals surface area contributed by atoms with E-state index in [1.807, 2.05) is 0 Å². The summed E-state index contributed by atoms with van der Waals surface area (Å²) in [5.74, 6) is -3.80. The summed E-state index contributed by atoms with van der Waals surface area (Å²) in [5, 5.41) is 12.2. The molecule has 2 bridgehead atoms. The summed E-state index contributed by atoms with van der Waals surface area (Å²) in [6.07, 6.45) is 0.460. The van der Waals surface area contributed by atoms with Crippen LogP contribution in [0, 0.1) is 11.3 Å². The van der Waals surface area contributed by atoms with Gasteiger partial charge in [0.1, 0.15) is 36.4 Å². The van der Waals surface area contributed by atoms with Gasteiger partial charge in [0.2, 0.25) is 0 Å². The Morgan fingerprint density at radius 3 is 1.85 bits per heavy atom. The number of hydrogen-bond donors (Lipinski definition) is 1. The summed E-state index contributed by atoms with van der Waals surface area (Å²) in [7, 11) is 0. The zero-order valence-corrected chi connectivity index (χ0v) is 23.7. The van der Waals surface area contributed by atoms with E-state index in [2.05, 4.69) is 0 Å². The second kappa shape index (κ2) is 9.73. The minimum Gasteiger partial charge on any atom is -0.472 e. The molecule has 8 atom stereocenters. The summed E-state index contributed by atoms with van der Waals surface area (Å²) >= 11 is 0. The van der Waals surface area contributed by atoms with Gasteiger partial charge in [-0.25, -0.2) is 9.59 Å². The fourth-order valence-electron chi connectivity index (χ4n) is 7.38. The minimum absolute atomic E-state index is 0.0870. The highest BCUT2D eigenvalue weighted by molar-refractivity contribution is 5.90. The van der Waals surface area contributed by atoms with Crippen molar-refractivity contribution in [2.24, 2.45) is 11.3 Å². The van der Waals surface area contributed by atoms with Crippen LogP contribution in [-0.2, 0) is 33.3 Å². The predicted molar refractivity (Wildman–Crippen MR) is 136 cm³/mol. The zero-order chi connectivity index (χ0) is 30.0. The summed E-state index contributed by atoms with van der Waals surface area (Å²) in [6.45, 7) is 9.05. The Balaban J connectivity index is 1.75. The van der Waals surface area contributed by atoms with Crippen LogP contribution >= 0.6 is 0 Å². The van der Waals surface area contributed by atoms with Crippen LogP contribution in [0.2, 0.25) is 0 Å². The third-order valence-electron chi connectivity index (χ3n) is 8.95. The Morgan fingerprint density at radius 1 is 0.829 bits per heavy atom. The molecule has 3 aliphatic rings. The lowest BCUT2D eigenvalue weighted by Crippen LogP contribution is -2.81. The van der Waals surface area contributed by atoms with Crippen molar-refractivity contribution in [2.45, 2.75) is 95.6 Å². The number of fused-ring (bicyclic) bond motifs is 1. The second-order valence-corrected chi connectivity index (χ2v) is 11.9. The predicted octanol–water partition coefficient (Wildman–Crippen LogP) is 3.22. The van der Waals surface area contributed by atoms with E-state index in [4.69, 9.17) is 32.5 Å². The summed E-state index contributed by atoms with van der Waals surface area (Å²) < 4.78 is 40.8. The zero-order valence-electron chi connectivity index (χ0n) is 23.7. The number of ether oxygens (including phenoxy) is 5. The van der Waals surface area contributed by atoms with Crippen molar-refractivity contribution in [2.75, 3.05) is 0 Å². The molecular formula is C29H34O12. The molecule has 5 rings (SSSR count). The third-order valence-corrected chi connectivity index (χ3v) is 8.95. The molecule has 2 saturated carbocycles. The summed E-state index contributed by atoms with van der Waals surface area (Å²) in [5.41, 5.74) is -6.11. The van der Waals surface area contributed by atoms with E-state index >= 15 is 0 Å². The molecule has 41 heavy (non-hydrogen) atoms. The highest BCUT2D eigenvalue weighted by Crippen LogP contribution is 2.69. The van der Waals surface area contributed by atoms with Gasteiger partial charge >= 0.3 is 23.9 Å². The molecule has 12 nitrogen and oxygen atoms in total. The Kier molecular flexibility index (Phi) is 6.85. The molecule has 1 N–H and O–H groups in total. The maximum absolute atomic E-state index is 13.4. The van der Waals surface area contributed by atoms with Crippen LogP contribution in [0.5, 0.6) is 0 Å². The summed E-state index contributed by atoms with van der Waals surface area (Å²) in [4.78, 5) is 51.7. The molecule has 8 unspecified atom stereocenters. The average Bonchev–Trinajstić information content (AvgIpc) is 3.62. The van der Waals surface area contributed by atoms with Crippen molar-refractivity contribution in [3.8, 4) is 0 Å². The monoisotopic (exact) mass is 574 g/mol. The van der Waals surface area contributed by atoms with Crippen molar-refractivity contribution < 1.29 is 56.8 Å². The topological polar surface area (TPSA) is 161 Å². The lowest BCUT2D eigenvalue weighted by atomic mass is 9.47. The third kappa shape index (κ3) is 4.26. The SMILES string of the molecule is CC(=O)OC1C2C(OC(=O)c3ccoc3)C3(OC2(C)C)C(C)(O)CCC(OC(C)=O)C3(C)C1OC(=O)c1ccoc1. The Bertz CT molecular complexity index is 1330. The highest BCUT2D eigenvalue weighted by Gasteiger charge is 2.85. The van der Waals surface area contributed by atoms with Crippen molar-refractivity contribution in [3.63, 3.8) is 0 Å². The van der Waals surface area contributed by atoms with Crippen molar-refractivity contribution in [1.82, 2.24) is 0 Å². The van der Waals surface area contributed by atoms with Gasteiger partial charge in [0.25, 0.3) is 0 Å². The second-order valence-electron chi connectivity index (χ2n) is 11.9. The number of carbonyl (C=O) groups excluding carboxylic acids is 4. The molecule has 3 fully saturated rings. The van der Waals surface area contributed by atoms with Gasteiger partial charge in [-0.15, -0.1) is 0 Å². The lowest BCUT2D eigenvalue weighted by Gasteiger charge is -2.65. The molecule has 1 saturated heterocycles. The molecule has 0 radical (unpaired) electrons. The van der Waals surface area contributed by atoms with Crippen LogP contribution in [0.3, 0.4) is 0 Å². The first-order valence-corrected chi connectivity index (χ1v) is 13.4. The Morgan fingerprint density at radius 2 is 1.37 bits per heavy atom. The van der Waals surface area contributed by atoms with E-state index in [1.165, 1.54) is 51.0 Å². The largest absolute Gasteiger partial charge is 0.472 e. The molecule has 2 aromatic rings. The summed E-state index contributed by atoms with van der Waals surface area (Å²) in [6, 6.07) is 2.84. The van der Waals surface area contributed by atoms with Gasteiger partial charge in [-0.3, -0.25) is 9.59 Å². The van der Waals surface area contributed by atoms with E-state index in [0.29, 0.717) is 0 Å². The van der Waals surface area contributed by atoms with Crippen LogP contribution < -0.4 is 0 Å². The fourth-order valence-corrected chi connectivity index (χ4v) is 7.38. The smallest absolute Gasteiger partial charge is 0.341 e. The first-order chi connectivity index (χ1) is 19.2. The standard InChI is InChI=1S/C29H34O12/c1-15(30)37-19-7-10-27(5,34)29-22(39-24(32)17-8-11-35-13-17)20(26(3,4)41-29)21(38-16(2)31)23(28(19,29)6)40-25(33)18-9-12-36-14-18/h8-9,11-14,19-23,34H,7,10H2,1-6H3. The molecule has 2 aliphatic carbocycles. The van der Waals surface area contributed by atoms with Crippen LogP contribution in [0.1, 0.15) is 75.1 Å². The number of rotatable bonds is 6. The van der Waals surface area contributed by atoms with Crippen molar-refractivity contribution in [3.05, 3.63) is 48.3 Å². The molecule has 1 aliphatic heterocycles. The fraction of sp³-hybridized carbons (Fsp3) is 0.586. The molecular weight excluding hydrogens is 540 g/mol. The number of furan rings is 2. The molecule has 12 heteroatoms. The maximum Gasteiger partial charge on any atom is 0.341 e. The van der Waals surface area contributed by atoms with E-state index in [-0.39, 0.29) is 24.0 Å². The van der Waals surface area contributed by atoms with Gasteiger partial charge in [0.15, 0.2) is 6.10 Å². The molecule has 222 valence electrons. The molecule has 3 heterocycles. The van der Waals surface area contributed by atoms with E-state index in [1.54, 1.807) is 27.7 Å². The first kappa shape index (κ1) is 28.9. The maximum atomic E-state index is 13.4. The Hall–Kier alpha value is -3.64. The van der Waals surface area contributed by atoms with Crippen LogP contribution in [-0.4, -0.2) is 70.2 Å². The van der Waals surface area contributed by atoms with E-state index in [0.717, 1.165) is 0 Å². The van der Waals surface area contributed by atoms with E-state index in [9.17, 15) is 24.3 Å². The van der Waals surface area contributed by atoms with Gasteiger partial charge < -0.3 is 37.6 Å². The van der Waals surface area contributed by atoms with Gasteiger partial charge in [0, 0.05) is 13.8 Å². The van der Waals surface area contributed by atoms with Gasteiger partial charge in [-0.2, -0.15) is 0 Å². The molecule has 0 aromatic carbocycles. The first-order valence-electron chi connectivity index (χ1n) is 13.4. The van der Waals surface area contributed by atoms with Crippen molar-refractivity contribution >= 4 is 23.9 Å². The number of aliphatic hydroxyl groups is 1. The van der Waals surface area contributed by atoms with Crippen LogP contribution in [0.25, 0.3) is 0 Å². The van der Waals surface area contributed by atoms with Gasteiger partial charge in [-0.1, -0.05) is 0 Å². The van der Waals surface area contributed by atoms with Crippen LogP contribution in [0.15, 0.2) is 46.0 Å².